The Morgan fingerprint density at radius 3 is 2.58 bits per heavy atom. The number of amides is 1. The summed E-state index contributed by atoms with van der Waals surface area (Å²) in [5.41, 5.74) is 4.10. The predicted molar refractivity (Wildman–Crippen MR) is 145 cm³/mol. The molecule has 1 atom stereocenters. The molecule has 2 aromatic carbocycles. The largest absolute Gasteiger partial charge is 0.312 e. The number of aromatic nitrogens is 4. The van der Waals surface area contributed by atoms with Crippen molar-refractivity contribution in [2.45, 2.75) is 43.1 Å². The minimum atomic E-state index is -0.0220. The van der Waals surface area contributed by atoms with E-state index in [2.05, 4.69) is 41.4 Å². The minimum Gasteiger partial charge on any atom is -0.312 e. The third kappa shape index (κ3) is 4.12. The lowest BCUT2D eigenvalue weighted by atomic mass is 10.0. The van der Waals surface area contributed by atoms with Crippen LogP contribution < -0.4 is 10.5 Å². The van der Waals surface area contributed by atoms with Crippen molar-refractivity contribution in [1.29, 1.82) is 0 Å². The van der Waals surface area contributed by atoms with E-state index in [0.29, 0.717) is 29.2 Å². The first-order chi connectivity index (χ1) is 17.6. The molecule has 9 heteroatoms. The molecule has 1 aliphatic heterocycles. The van der Waals surface area contributed by atoms with Crippen molar-refractivity contribution in [2.75, 3.05) is 11.4 Å². The Balaban J connectivity index is 1.30. The van der Waals surface area contributed by atoms with Gasteiger partial charge >= 0.3 is 0 Å². The quantitative estimate of drug-likeness (QED) is 0.274. The third-order valence-electron chi connectivity index (χ3n) is 6.70. The van der Waals surface area contributed by atoms with Crippen molar-refractivity contribution in [3.63, 3.8) is 0 Å². The smallest absolute Gasteiger partial charge is 0.272 e. The molecule has 7 nitrogen and oxygen atoms in total. The van der Waals surface area contributed by atoms with Gasteiger partial charge < -0.3 is 4.90 Å². The summed E-state index contributed by atoms with van der Waals surface area (Å²) in [5.74, 6) is 1.62. The normalized spacial score (nSPS) is 14.8. The number of nitrogens with zero attached hydrogens (tertiary/aromatic N) is 5. The predicted octanol–water partition coefficient (Wildman–Crippen LogP) is 5.33. The van der Waals surface area contributed by atoms with Crippen LogP contribution in [0.15, 0.2) is 76.0 Å². The number of thiophene rings is 1. The van der Waals surface area contributed by atoms with Crippen LogP contribution in [0.3, 0.4) is 0 Å². The van der Waals surface area contributed by atoms with Crippen LogP contribution in [-0.4, -0.2) is 31.6 Å². The summed E-state index contributed by atoms with van der Waals surface area (Å²) in [7, 11) is 0. The first-order valence-corrected chi connectivity index (χ1v) is 13.9. The van der Waals surface area contributed by atoms with Crippen LogP contribution in [0.4, 0.5) is 5.69 Å². The van der Waals surface area contributed by atoms with Gasteiger partial charge in [0.2, 0.25) is 11.7 Å². The number of thioether (sulfide) groups is 1. The topological polar surface area (TPSA) is 72.5 Å². The lowest BCUT2D eigenvalue weighted by molar-refractivity contribution is -0.117. The van der Waals surface area contributed by atoms with E-state index < -0.39 is 0 Å². The molecular formula is C27H25N5O2S2. The third-order valence-corrected chi connectivity index (χ3v) is 8.59. The molecule has 0 aliphatic carbocycles. The Labute approximate surface area is 216 Å². The molecule has 1 fully saturated rings. The van der Waals surface area contributed by atoms with Crippen LogP contribution in [-0.2, 0) is 17.1 Å². The molecule has 0 bridgehead atoms. The van der Waals surface area contributed by atoms with Crippen molar-refractivity contribution in [3.8, 4) is 0 Å². The summed E-state index contributed by atoms with van der Waals surface area (Å²) in [6, 6.07) is 20.3. The molecule has 5 aromatic rings. The standard InChI is InChI=1S/C27H25N5O2S2/c1-18(20-6-3-2-4-7-20)16-31-25(34)24-22(13-15-35-24)32-26(31)28-29-27(32)36-17-19-9-11-21(12-10-19)30-14-5-8-23(30)33/h2-4,6-7,9-13,15,18H,5,8,14,16-17H2,1H3/t18-/m0/s1. The van der Waals surface area contributed by atoms with Gasteiger partial charge in [-0.1, -0.05) is 61.2 Å². The van der Waals surface area contributed by atoms with E-state index in [0.717, 1.165) is 34.9 Å². The van der Waals surface area contributed by atoms with Gasteiger partial charge in [-0.2, -0.15) is 0 Å². The average Bonchev–Trinajstić information content (AvgIpc) is 3.65. The van der Waals surface area contributed by atoms with Gasteiger partial charge in [-0.3, -0.25) is 18.6 Å². The average molecular weight is 516 g/mol. The summed E-state index contributed by atoms with van der Waals surface area (Å²) in [4.78, 5) is 27.3. The molecule has 182 valence electrons. The van der Waals surface area contributed by atoms with Crippen LogP contribution in [0.5, 0.6) is 0 Å². The number of anilines is 1. The molecule has 1 amide bonds. The molecule has 6 rings (SSSR count). The molecule has 0 unspecified atom stereocenters. The van der Waals surface area contributed by atoms with Gasteiger partial charge in [0.1, 0.15) is 4.70 Å². The number of hydrogen-bond donors (Lipinski definition) is 0. The molecule has 1 aliphatic rings. The van der Waals surface area contributed by atoms with Crippen molar-refractivity contribution in [3.05, 3.63) is 87.5 Å². The summed E-state index contributed by atoms with van der Waals surface area (Å²) < 4.78 is 4.48. The fourth-order valence-electron chi connectivity index (χ4n) is 4.76. The highest BCUT2D eigenvalue weighted by molar-refractivity contribution is 7.98. The van der Waals surface area contributed by atoms with Gasteiger partial charge in [-0.25, -0.2) is 0 Å². The number of carbonyl (C=O) groups excluding carboxylic acids is 1. The Kier molecular flexibility index (Phi) is 6.10. The van der Waals surface area contributed by atoms with Crippen LogP contribution >= 0.6 is 23.1 Å². The first kappa shape index (κ1) is 23.0. The summed E-state index contributed by atoms with van der Waals surface area (Å²) in [5, 5.41) is 11.6. The fourth-order valence-corrected chi connectivity index (χ4v) is 6.48. The highest BCUT2D eigenvalue weighted by Crippen LogP contribution is 2.29. The highest BCUT2D eigenvalue weighted by Gasteiger charge is 2.22. The lowest BCUT2D eigenvalue weighted by Gasteiger charge is -2.16. The second-order valence-electron chi connectivity index (χ2n) is 9.08. The van der Waals surface area contributed by atoms with Gasteiger partial charge in [-0.05, 0) is 47.0 Å². The van der Waals surface area contributed by atoms with Crippen molar-refractivity contribution in [1.82, 2.24) is 19.2 Å². The Morgan fingerprint density at radius 2 is 1.83 bits per heavy atom. The molecular weight excluding hydrogens is 490 g/mol. The molecule has 0 spiro atoms. The number of hydrogen-bond acceptors (Lipinski definition) is 6. The van der Waals surface area contributed by atoms with E-state index in [4.69, 9.17) is 0 Å². The van der Waals surface area contributed by atoms with E-state index in [1.807, 2.05) is 51.1 Å². The van der Waals surface area contributed by atoms with Crippen LogP contribution in [0.2, 0.25) is 0 Å². The minimum absolute atomic E-state index is 0.0220. The second-order valence-corrected chi connectivity index (χ2v) is 10.9. The maximum absolute atomic E-state index is 13.4. The van der Waals surface area contributed by atoms with E-state index in [1.165, 1.54) is 16.9 Å². The highest BCUT2D eigenvalue weighted by atomic mass is 32.2. The molecule has 0 radical (unpaired) electrons. The summed E-state index contributed by atoms with van der Waals surface area (Å²) in [6.45, 7) is 3.45. The maximum atomic E-state index is 13.4. The zero-order valence-electron chi connectivity index (χ0n) is 19.8. The van der Waals surface area contributed by atoms with Gasteiger partial charge in [0.15, 0.2) is 5.16 Å². The molecule has 36 heavy (non-hydrogen) atoms. The first-order valence-electron chi connectivity index (χ1n) is 12.0. The van der Waals surface area contributed by atoms with Crippen molar-refractivity contribution < 1.29 is 4.79 Å². The van der Waals surface area contributed by atoms with Crippen LogP contribution in [0, 0.1) is 0 Å². The number of benzene rings is 2. The fraction of sp³-hybridized carbons (Fsp3) is 0.259. The van der Waals surface area contributed by atoms with Crippen molar-refractivity contribution in [2.24, 2.45) is 0 Å². The lowest BCUT2D eigenvalue weighted by Crippen LogP contribution is -2.24. The number of rotatable bonds is 7. The molecule has 0 N–H and O–H groups in total. The van der Waals surface area contributed by atoms with Gasteiger partial charge in [0.05, 0.1) is 5.52 Å². The van der Waals surface area contributed by atoms with Crippen LogP contribution in [0.1, 0.15) is 36.8 Å². The van der Waals surface area contributed by atoms with Gasteiger partial charge in [0, 0.05) is 31.0 Å². The Hall–Kier alpha value is -3.43. The van der Waals surface area contributed by atoms with E-state index in [-0.39, 0.29) is 17.4 Å². The zero-order chi connectivity index (χ0) is 24.6. The number of fused-ring (bicyclic) bond motifs is 3. The van der Waals surface area contributed by atoms with Crippen molar-refractivity contribution >= 4 is 50.7 Å². The summed E-state index contributed by atoms with van der Waals surface area (Å²) >= 11 is 3.05. The van der Waals surface area contributed by atoms with Crippen LogP contribution in [0.25, 0.3) is 16.0 Å². The molecule has 1 saturated heterocycles. The SMILES string of the molecule is C[C@@H](Cn1c(=O)c2sccc2n2c(SCc3ccc(N4CCCC4=O)cc3)nnc12)c1ccccc1. The maximum Gasteiger partial charge on any atom is 0.272 e. The van der Waals surface area contributed by atoms with Gasteiger partial charge in [-0.15, -0.1) is 21.5 Å². The van der Waals surface area contributed by atoms with E-state index in [9.17, 15) is 9.59 Å². The monoisotopic (exact) mass is 515 g/mol. The van der Waals surface area contributed by atoms with E-state index in [1.54, 1.807) is 16.3 Å². The summed E-state index contributed by atoms with van der Waals surface area (Å²) in [6.07, 6.45) is 1.55. The molecule has 0 saturated carbocycles. The molecule has 4 heterocycles. The second kappa shape index (κ2) is 9.55. The van der Waals surface area contributed by atoms with E-state index >= 15 is 0 Å². The zero-order valence-corrected chi connectivity index (χ0v) is 21.5. The van der Waals surface area contributed by atoms with Gasteiger partial charge in [0.25, 0.3) is 5.56 Å². The number of carbonyl (C=O) groups is 1. The Morgan fingerprint density at radius 1 is 1.03 bits per heavy atom. The molecule has 3 aromatic heterocycles. The Bertz CT molecular complexity index is 1600.